The van der Waals surface area contributed by atoms with E-state index in [0.717, 1.165) is 122 Å². The number of amides is 2. The number of carbonyl (C=O) groups excluding carboxylic acids is 2. The summed E-state index contributed by atoms with van der Waals surface area (Å²) in [5, 5.41) is 22.1. The van der Waals surface area contributed by atoms with Gasteiger partial charge in [0.1, 0.15) is 24.7 Å². The lowest BCUT2D eigenvalue weighted by Crippen LogP contribution is -2.59. The van der Waals surface area contributed by atoms with Gasteiger partial charge < -0.3 is 58.5 Å². The van der Waals surface area contributed by atoms with Crippen LogP contribution in [0.4, 0.5) is 0 Å². The summed E-state index contributed by atoms with van der Waals surface area (Å²) in [6.45, 7) is 5.37. The highest BCUT2D eigenvalue weighted by Crippen LogP contribution is 2.56. The van der Waals surface area contributed by atoms with Crippen molar-refractivity contribution in [2.24, 2.45) is 0 Å². The molecule has 6 aliphatic rings. The molecule has 4 N–H and O–H groups in total. The molecule has 14 heteroatoms. The van der Waals surface area contributed by atoms with Gasteiger partial charge in [0, 0.05) is 95.3 Å². The molecule has 4 bridgehead atoms. The molecule has 2 amide bonds. The van der Waals surface area contributed by atoms with Gasteiger partial charge in [-0.05, 0) is 63.3 Å². The lowest BCUT2D eigenvalue weighted by Gasteiger charge is -2.48. The molecule has 0 radical (unpaired) electrons. The number of hydrogen-bond acceptors (Lipinski definition) is 8. The number of nitrogens with one attached hydrogen (secondary N) is 4. The number of aromatic nitrogens is 4. The van der Waals surface area contributed by atoms with Crippen molar-refractivity contribution in [1.82, 2.24) is 39.5 Å². The van der Waals surface area contributed by atoms with Gasteiger partial charge in [-0.2, -0.15) is 0 Å². The summed E-state index contributed by atoms with van der Waals surface area (Å²) in [5.41, 5.74) is 11.0. The number of rotatable bonds is 4. The molecule has 2 fully saturated rings. The molecule has 6 aromatic carbocycles. The third kappa shape index (κ3) is 4.71. The van der Waals surface area contributed by atoms with Crippen LogP contribution in [-0.4, -0.2) is 82.7 Å². The molecule has 8 atom stereocenters. The third-order valence-corrected chi connectivity index (χ3v) is 17.2. The van der Waals surface area contributed by atoms with Crippen molar-refractivity contribution in [1.29, 1.82) is 0 Å². The fourth-order valence-corrected chi connectivity index (χ4v) is 14.7. The molecule has 352 valence electrons. The molecule has 10 aromatic rings. The molecule has 14 nitrogen and oxygen atoms in total. The van der Waals surface area contributed by atoms with Crippen LogP contribution in [0.2, 0.25) is 0 Å². The Morgan fingerprint density at radius 3 is 1.26 bits per heavy atom. The number of methoxy groups -OCH3 is 2. The molecule has 0 unspecified atom stereocenters. The average Bonchev–Trinajstić information content (AvgIpc) is 4.22. The minimum atomic E-state index is -0.760. The van der Waals surface area contributed by atoms with Gasteiger partial charge in [-0.15, -0.1) is 0 Å². The van der Waals surface area contributed by atoms with Gasteiger partial charge in [-0.3, -0.25) is 9.59 Å². The molecule has 10 heterocycles. The minimum absolute atomic E-state index is 0.00357. The second kappa shape index (κ2) is 14.0. The molecule has 4 aromatic heterocycles. The molecular formula is C56H52N8O6. The normalized spacial score (nSPS) is 27.3. The van der Waals surface area contributed by atoms with Crippen LogP contribution in [0.3, 0.4) is 0 Å². The van der Waals surface area contributed by atoms with E-state index < -0.39 is 11.4 Å². The fraction of sp³-hybridized carbons (Fsp3) is 0.321. The van der Waals surface area contributed by atoms with E-state index in [1.54, 1.807) is 14.2 Å². The Bertz CT molecular complexity index is 3750. The lowest BCUT2D eigenvalue weighted by atomic mass is 9.93. The van der Waals surface area contributed by atoms with Crippen molar-refractivity contribution in [2.75, 3.05) is 28.3 Å². The van der Waals surface area contributed by atoms with Gasteiger partial charge >= 0.3 is 0 Å². The lowest BCUT2D eigenvalue weighted by molar-refractivity contribution is -0.256. The van der Waals surface area contributed by atoms with Crippen molar-refractivity contribution >= 4 is 99.0 Å². The topological polar surface area (TPSA) is 139 Å². The minimum Gasteiger partial charge on any atom is -0.375 e. The Morgan fingerprint density at radius 1 is 0.529 bits per heavy atom. The Kier molecular flexibility index (Phi) is 8.19. The Hall–Kier alpha value is -6.78. The number of fused-ring (bicyclic) bond motifs is 26. The third-order valence-electron chi connectivity index (χ3n) is 17.2. The average molecular weight is 933 g/mol. The number of ether oxygens (including phenoxy) is 4. The summed E-state index contributed by atoms with van der Waals surface area (Å²) in [6, 6.07) is 33.9. The summed E-state index contributed by atoms with van der Waals surface area (Å²) < 4.78 is 35.9. The molecule has 0 saturated carbocycles. The molecule has 0 aliphatic carbocycles. The second-order valence-corrected chi connectivity index (χ2v) is 20.3. The van der Waals surface area contributed by atoms with E-state index >= 15 is 0 Å². The van der Waals surface area contributed by atoms with Crippen molar-refractivity contribution < 1.29 is 28.5 Å². The zero-order valence-electron chi connectivity index (χ0n) is 39.8. The number of carbonyl (C=O) groups is 2. The fourth-order valence-electron chi connectivity index (χ4n) is 14.7. The van der Waals surface area contributed by atoms with E-state index in [2.05, 4.69) is 150 Å². The van der Waals surface area contributed by atoms with E-state index in [4.69, 9.17) is 18.9 Å². The van der Waals surface area contributed by atoms with Crippen LogP contribution in [0.1, 0.15) is 71.0 Å². The van der Waals surface area contributed by atoms with E-state index in [1.165, 1.54) is 0 Å². The zero-order valence-corrected chi connectivity index (χ0v) is 39.8. The van der Waals surface area contributed by atoms with Gasteiger partial charge in [-0.25, -0.2) is 0 Å². The van der Waals surface area contributed by atoms with Crippen LogP contribution in [0.5, 0.6) is 0 Å². The monoisotopic (exact) mass is 932 g/mol. The molecule has 6 aliphatic heterocycles. The summed E-state index contributed by atoms with van der Waals surface area (Å²) in [6.07, 6.45) is 0.673. The molecule has 0 spiro atoms. The number of hydrogen-bond donors (Lipinski definition) is 4. The maximum absolute atomic E-state index is 13.3. The summed E-state index contributed by atoms with van der Waals surface area (Å²) in [7, 11) is 7.54. The second-order valence-electron chi connectivity index (χ2n) is 20.3. The van der Waals surface area contributed by atoms with Crippen LogP contribution < -0.4 is 21.3 Å². The van der Waals surface area contributed by atoms with Crippen LogP contribution >= 0.6 is 0 Å². The largest absolute Gasteiger partial charge is 0.375 e. The van der Waals surface area contributed by atoms with Crippen LogP contribution in [0.25, 0.3) is 87.2 Å². The molecular weight excluding hydrogens is 881 g/mol. The maximum Gasteiger partial charge on any atom is 0.252 e. The first kappa shape index (κ1) is 41.0. The number of nitrogens with zero attached hydrogens (tertiary/aromatic N) is 4. The number of benzene rings is 6. The van der Waals surface area contributed by atoms with Crippen molar-refractivity contribution in [3.05, 3.63) is 119 Å². The van der Waals surface area contributed by atoms with Crippen molar-refractivity contribution in [3.63, 3.8) is 0 Å². The highest BCUT2D eigenvalue weighted by Gasteiger charge is 2.55. The van der Waals surface area contributed by atoms with E-state index in [9.17, 15) is 9.59 Å². The van der Waals surface area contributed by atoms with Gasteiger partial charge in [-0.1, -0.05) is 72.8 Å². The van der Waals surface area contributed by atoms with E-state index in [1.807, 2.05) is 14.1 Å². The van der Waals surface area contributed by atoms with Gasteiger partial charge in [0.2, 0.25) is 0 Å². The molecule has 70 heavy (non-hydrogen) atoms. The van der Waals surface area contributed by atoms with Crippen molar-refractivity contribution in [2.45, 2.75) is 88.0 Å². The van der Waals surface area contributed by atoms with E-state index in [0.29, 0.717) is 13.1 Å². The number of para-hydroxylation sites is 4. The van der Waals surface area contributed by atoms with Crippen LogP contribution in [0.15, 0.2) is 97.1 Å². The van der Waals surface area contributed by atoms with Crippen LogP contribution in [0, 0.1) is 0 Å². The summed E-state index contributed by atoms with van der Waals surface area (Å²) >= 11 is 0. The Labute approximate surface area is 401 Å². The first-order valence-corrected chi connectivity index (χ1v) is 24.5. The Balaban J connectivity index is 0.000000126. The first-order valence-electron chi connectivity index (χ1n) is 24.5. The highest BCUT2D eigenvalue weighted by atomic mass is 16.6. The smallest absolute Gasteiger partial charge is 0.252 e. The first-order chi connectivity index (χ1) is 34.2. The predicted molar refractivity (Wildman–Crippen MR) is 271 cm³/mol. The summed E-state index contributed by atoms with van der Waals surface area (Å²) in [4.78, 5) is 26.6. The summed E-state index contributed by atoms with van der Waals surface area (Å²) in [5.74, 6) is 0.00713. The highest BCUT2D eigenvalue weighted by molar-refractivity contribution is 6.32. The SMILES string of the molecule is CN[C@H]1C[C@@H]2O[C@](C)([C@H]1OC)n1c3ccccc3c3c4c(c5c6ccccc6n2c5c31)C(=O)NC4.CN[C@H]1C[C@@H]2O[C@](C)([C@H]1OC)n1c3ccccc3c3c4c(c5c6ccccc6n2c5c31)C(=O)NC4. The van der Waals surface area contributed by atoms with Crippen molar-refractivity contribution in [3.8, 4) is 0 Å². The maximum atomic E-state index is 13.3. The Morgan fingerprint density at radius 2 is 0.886 bits per heavy atom. The quantitative estimate of drug-likeness (QED) is 0.138. The van der Waals surface area contributed by atoms with Gasteiger partial charge in [0.05, 0.1) is 55.3 Å². The van der Waals surface area contributed by atoms with Crippen LogP contribution in [-0.2, 0) is 43.5 Å². The van der Waals surface area contributed by atoms with Gasteiger partial charge in [0.25, 0.3) is 11.8 Å². The van der Waals surface area contributed by atoms with E-state index in [-0.39, 0.29) is 48.6 Å². The molecule has 2 saturated heterocycles. The van der Waals surface area contributed by atoms with Gasteiger partial charge in [0.15, 0.2) is 11.4 Å². The standard InChI is InChI=1S/2C28H26N4O3/c2*1-28-26(34-3)17(29-2)12-20(35-28)31-18-10-6-4-8-14(18)22-23-16(13-30-27(23)33)21-15-9-5-7-11-19(15)32(28)25(21)24(22)31/h2*4-11,17,20,26,29H,12-13H2,1-3H3,(H,30,33)/t2*17-,20-,26-,28+/m00/s1. The zero-order chi connectivity index (χ0) is 47.3. The number of likely N-dealkylation sites (N-methyl/N-ethyl adjacent to an activating group) is 2. The molecule has 16 rings (SSSR count). The predicted octanol–water partition coefficient (Wildman–Crippen LogP) is 8.71.